The topological polar surface area (TPSA) is 69.7 Å². The van der Waals surface area contributed by atoms with Crippen molar-refractivity contribution in [3.05, 3.63) is 70.2 Å². The Labute approximate surface area is 182 Å². The van der Waals surface area contributed by atoms with E-state index in [1.807, 2.05) is 19.1 Å². The highest BCUT2D eigenvalue weighted by Crippen LogP contribution is 2.11. The fourth-order valence-electron chi connectivity index (χ4n) is 2.91. The van der Waals surface area contributed by atoms with Crippen molar-refractivity contribution in [2.24, 2.45) is 0 Å². The number of halogens is 1. The number of nitrogens with one attached hydrogen (secondary N) is 1. The van der Waals surface area contributed by atoms with Gasteiger partial charge in [-0.25, -0.2) is 0 Å². The molecule has 0 bridgehead atoms. The highest BCUT2D eigenvalue weighted by Gasteiger charge is 2.13. The molecule has 0 saturated carbocycles. The van der Waals surface area contributed by atoms with Gasteiger partial charge >= 0.3 is 0 Å². The molecular weight excluding hydrogens is 402 g/mol. The van der Waals surface area contributed by atoms with Crippen molar-refractivity contribution in [3.63, 3.8) is 0 Å². The summed E-state index contributed by atoms with van der Waals surface area (Å²) in [4.78, 5) is 39.9. The molecule has 2 aromatic rings. The second kappa shape index (κ2) is 11.4. The number of carbonyl (C=O) groups excluding carboxylic acids is 3. The van der Waals surface area contributed by atoms with Gasteiger partial charge in [-0.1, -0.05) is 23.7 Å². The Kier molecular flexibility index (Phi) is 8.87. The van der Waals surface area contributed by atoms with Crippen LogP contribution in [-0.2, 0) is 11.3 Å². The smallest absolute Gasteiger partial charge is 0.253 e. The van der Waals surface area contributed by atoms with Crippen LogP contribution < -0.4 is 5.32 Å². The molecule has 0 aliphatic heterocycles. The number of rotatable bonds is 9. The van der Waals surface area contributed by atoms with Crippen molar-refractivity contribution in [3.8, 4) is 0 Å². The normalized spacial score (nSPS) is 10.4. The molecule has 0 saturated heterocycles. The summed E-state index contributed by atoms with van der Waals surface area (Å²) in [5, 5.41) is 3.40. The fourth-order valence-corrected chi connectivity index (χ4v) is 3.04. The maximum Gasteiger partial charge on any atom is 0.253 e. The van der Waals surface area contributed by atoms with Crippen LogP contribution in [0.15, 0.2) is 48.5 Å². The molecule has 6 nitrogen and oxygen atoms in total. The Morgan fingerprint density at radius 1 is 0.933 bits per heavy atom. The SMILES string of the molecule is CCN(Cc1ccc(C(=O)N(C)C)cc1)C(=O)CCCNC(=O)c1ccc(Cl)cc1. The van der Waals surface area contributed by atoms with Crippen molar-refractivity contribution in [2.45, 2.75) is 26.3 Å². The van der Waals surface area contributed by atoms with Crippen molar-refractivity contribution in [1.29, 1.82) is 0 Å². The van der Waals surface area contributed by atoms with Crippen LogP contribution in [0.3, 0.4) is 0 Å². The molecule has 2 rings (SSSR count). The van der Waals surface area contributed by atoms with Crippen molar-refractivity contribution in [2.75, 3.05) is 27.2 Å². The van der Waals surface area contributed by atoms with E-state index < -0.39 is 0 Å². The predicted molar refractivity (Wildman–Crippen MR) is 119 cm³/mol. The van der Waals surface area contributed by atoms with Crippen LogP contribution in [-0.4, -0.2) is 54.7 Å². The molecule has 0 radical (unpaired) electrons. The first-order valence-corrected chi connectivity index (χ1v) is 10.3. The summed E-state index contributed by atoms with van der Waals surface area (Å²) in [6, 6.07) is 14.0. The first kappa shape index (κ1) is 23.4. The van der Waals surface area contributed by atoms with E-state index in [0.29, 0.717) is 48.6 Å². The van der Waals surface area contributed by atoms with E-state index >= 15 is 0 Å². The average Bonchev–Trinajstić information content (AvgIpc) is 2.75. The highest BCUT2D eigenvalue weighted by atomic mass is 35.5. The zero-order valence-corrected chi connectivity index (χ0v) is 18.4. The quantitative estimate of drug-likeness (QED) is 0.619. The van der Waals surface area contributed by atoms with Crippen LogP contribution in [0.1, 0.15) is 46.0 Å². The Morgan fingerprint density at radius 3 is 2.10 bits per heavy atom. The standard InChI is InChI=1S/C23H28ClN3O3/c1-4-27(16-17-7-9-19(10-8-17)23(30)26(2)3)21(28)6-5-15-25-22(29)18-11-13-20(24)14-12-18/h7-14H,4-6,15-16H2,1-3H3,(H,25,29). The van der Waals surface area contributed by atoms with Crippen LogP contribution in [0.4, 0.5) is 0 Å². The summed E-state index contributed by atoms with van der Waals surface area (Å²) in [5.41, 5.74) is 2.13. The van der Waals surface area contributed by atoms with Gasteiger partial charge < -0.3 is 15.1 Å². The van der Waals surface area contributed by atoms with Gasteiger partial charge in [0.25, 0.3) is 11.8 Å². The molecule has 0 fully saturated rings. The highest BCUT2D eigenvalue weighted by molar-refractivity contribution is 6.30. The molecule has 7 heteroatoms. The lowest BCUT2D eigenvalue weighted by atomic mass is 10.1. The lowest BCUT2D eigenvalue weighted by Gasteiger charge is -2.21. The van der Waals surface area contributed by atoms with E-state index in [0.717, 1.165) is 5.56 Å². The molecule has 30 heavy (non-hydrogen) atoms. The summed E-state index contributed by atoms with van der Waals surface area (Å²) in [6.45, 7) is 3.44. The van der Waals surface area contributed by atoms with E-state index in [1.165, 1.54) is 4.90 Å². The lowest BCUT2D eigenvalue weighted by molar-refractivity contribution is -0.131. The second-order valence-corrected chi connectivity index (χ2v) is 7.61. The Balaban J connectivity index is 1.79. The van der Waals surface area contributed by atoms with Gasteiger partial charge in [-0.3, -0.25) is 14.4 Å². The Morgan fingerprint density at radius 2 is 1.53 bits per heavy atom. The monoisotopic (exact) mass is 429 g/mol. The van der Waals surface area contributed by atoms with E-state index in [2.05, 4.69) is 5.32 Å². The van der Waals surface area contributed by atoms with Crippen molar-refractivity contribution >= 4 is 29.3 Å². The largest absolute Gasteiger partial charge is 0.352 e. The molecule has 3 amide bonds. The zero-order valence-electron chi connectivity index (χ0n) is 17.7. The zero-order chi connectivity index (χ0) is 22.1. The lowest BCUT2D eigenvalue weighted by Crippen LogP contribution is -2.31. The molecule has 0 aliphatic rings. The molecule has 2 aromatic carbocycles. The third-order valence-electron chi connectivity index (χ3n) is 4.67. The van der Waals surface area contributed by atoms with Crippen LogP contribution in [0.25, 0.3) is 0 Å². The number of carbonyl (C=O) groups is 3. The van der Waals surface area contributed by atoms with Gasteiger partial charge in [-0.05, 0) is 55.3 Å². The molecule has 160 valence electrons. The molecule has 0 aromatic heterocycles. The van der Waals surface area contributed by atoms with Crippen molar-refractivity contribution in [1.82, 2.24) is 15.1 Å². The van der Waals surface area contributed by atoms with Crippen LogP contribution >= 0.6 is 11.6 Å². The fraction of sp³-hybridized carbons (Fsp3) is 0.348. The summed E-state index contributed by atoms with van der Waals surface area (Å²) in [7, 11) is 3.43. The van der Waals surface area contributed by atoms with Crippen LogP contribution in [0.2, 0.25) is 5.02 Å². The molecule has 0 aliphatic carbocycles. The number of hydrogen-bond acceptors (Lipinski definition) is 3. The number of benzene rings is 2. The molecule has 0 unspecified atom stereocenters. The number of hydrogen-bond donors (Lipinski definition) is 1. The maximum absolute atomic E-state index is 12.5. The minimum absolute atomic E-state index is 0.0340. The number of nitrogens with zero attached hydrogens (tertiary/aromatic N) is 2. The molecule has 1 N–H and O–H groups in total. The van der Waals surface area contributed by atoms with E-state index in [9.17, 15) is 14.4 Å². The van der Waals surface area contributed by atoms with Gasteiger partial charge in [-0.2, -0.15) is 0 Å². The Hall–Kier alpha value is -2.86. The van der Waals surface area contributed by atoms with Gasteiger partial charge in [0.05, 0.1) is 0 Å². The Bertz CT molecular complexity index is 864. The summed E-state index contributed by atoms with van der Waals surface area (Å²) < 4.78 is 0. The van der Waals surface area contributed by atoms with Gasteiger partial charge in [0, 0.05) is 56.3 Å². The van der Waals surface area contributed by atoms with Crippen LogP contribution in [0.5, 0.6) is 0 Å². The van der Waals surface area contributed by atoms with Gasteiger partial charge in [0.2, 0.25) is 5.91 Å². The summed E-state index contributed by atoms with van der Waals surface area (Å²) in [6.07, 6.45) is 0.914. The van der Waals surface area contributed by atoms with Gasteiger partial charge in [-0.15, -0.1) is 0 Å². The van der Waals surface area contributed by atoms with Crippen molar-refractivity contribution < 1.29 is 14.4 Å². The maximum atomic E-state index is 12.5. The molecule has 0 spiro atoms. The van der Waals surface area contributed by atoms with E-state index in [1.54, 1.807) is 55.4 Å². The second-order valence-electron chi connectivity index (χ2n) is 7.17. The summed E-state index contributed by atoms with van der Waals surface area (Å²) >= 11 is 5.82. The minimum atomic E-state index is -0.182. The van der Waals surface area contributed by atoms with E-state index in [-0.39, 0.29) is 17.7 Å². The first-order chi connectivity index (χ1) is 14.3. The molecule has 0 heterocycles. The van der Waals surface area contributed by atoms with E-state index in [4.69, 9.17) is 11.6 Å². The molecular formula is C23H28ClN3O3. The third-order valence-corrected chi connectivity index (χ3v) is 4.93. The molecule has 0 atom stereocenters. The first-order valence-electron chi connectivity index (χ1n) is 9.94. The third kappa shape index (κ3) is 6.88. The minimum Gasteiger partial charge on any atom is -0.352 e. The van der Waals surface area contributed by atoms with Gasteiger partial charge in [0.1, 0.15) is 0 Å². The van der Waals surface area contributed by atoms with Crippen LogP contribution in [0, 0.1) is 0 Å². The predicted octanol–water partition coefficient (Wildman–Crippen LogP) is 3.60. The summed E-state index contributed by atoms with van der Waals surface area (Å²) in [5.74, 6) is -0.198. The van der Waals surface area contributed by atoms with Gasteiger partial charge in [0.15, 0.2) is 0 Å². The average molecular weight is 430 g/mol. The number of amides is 3.